The van der Waals surface area contributed by atoms with Gasteiger partial charge in [0.2, 0.25) is 6.41 Å². The smallest absolute Gasteiger partial charge is 0.334 e. The van der Waals surface area contributed by atoms with Crippen molar-refractivity contribution < 1.29 is 14.7 Å². The molecule has 1 rings (SSSR count). The zero-order valence-corrected chi connectivity index (χ0v) is 11.9. The summed E-state index contributed by atoms with van der Waals surface area (Å²) in [4.78, 5) is 23.6. The lowest BCUT2D eigenvalue weighted by Crippen LogP contribution is -2.47. The fourth-order valence-corrected chi connectivity index (χ4v) is 2.02. The van der Waals surface area contributed by atoms with E-state index in [0.717, 1.165) is 6.42 Å². The summed E-state index contributed by atoms with van der Waals surface area (Å²) in [6, 6.07) is 7.42. The average molecular weight is 263 g/mol. The lowest BCUT2D eigenvalue weighted by molar-refractivity contribution is -0.153. The molecule has 0 aromatic heterocycles. The fraction of sp³-hybridized carbons (Fsp3) is 0.467. The normalized spacial score (nSPS) is 13.9. The van der Waals surface area contributed by atoms with Gasteiger partial charge in [0, 0.05) is 7.05 Å². The largest absolute Gasteiger partial charge is 0.479 e. The second-order valence-electron chi connectivity index (χ2n) is 5.39. The molecule has 1 aromatic rings. The SMILES string of the molecule is CC(C)Cc1ccc(C(C)(C(=O)O)N(C)C=O)cc1. The number of hydrogen-bond acceptors (Lipinski definition) is 2. The Morgan fingerprint density at radius 3 is 2.26 bits per heavy atom. The fourth-order valence-electron chi connectivity index (χ4n) is 2.02. The first-order chi connectivity index (χ1) is 8.82. The Labute approximate surface area is 114 Å². The zero-order chi connectivity index (χ0) is 14.6. The molecule has 0 saturated heterocycles. The number of amides is 1. The minimum absolute atomic E-state index is 0.538. The molecule has 0 heterocycles. The van der Waals surface area contributed by atoms with E-state index in [1.807, 2.05) is 12.1 Å². The van der Waals surface area contributed by atoms with Crippen LogP contribution in [0.2, 0.25) is 0 Å². The van der Waals surface area contributed by atoms with E-state index in [4.69, 9.17) is 0 Å². The van der Waals surface area contributed by atoms with Crippen LogP contribution in [0, 0.1) is 5.92 Å². The molecule has 0 aliphatic carbocycles. The lowest BCUT2D eigenvalue weighted by Gasteiger charge is -2.32. The first-order valence-electron chi connectivity index (χ1n) is 6.33. The number of carboxylic acids is 1. The van der Waals surface area contributed by atoms with Crippen molar-refractivity contribution in [1.29, 1.82) is 0 Å². The molecular weight excluding hydrogens is 242 g/mol. The van der Waals surface area contributed by atoms with Gasteiger partial charge in [0.1, 0.15) is 0 Å². The number of rotatable bonds is 6. The van der Waals surface area contributed by atoms with Crippen LogP contribution < -0.4 is 0 Å². The highest BCUT2D eigenvalue weighted by Gasteiger charge is 2.39. The van der Waals surface area contributed by atoms with Crippen LogP contribution in [-0.2, 0) is 21.5 Å². The lowest BCUT2D eigenvalue weighted by atomic mass is 9.89. The molecule has 0 fully saturated rings. The number of nitrogens with zero attached hydrogens (tertiary/aromatic N) is 1. The third kappa shape index (κ3) is 3.13. The second-order valence-corrected chi connectivity index (χ2v) is 5.39. The van der Waals surface area contributed by atoms with Gasteiger partial charge in [-0.2, -0.15) is 0 Å². The summed E-state index contributed by atoms with van der Waals surface area (Å²) in [7, 11) is 1.48. The van der Waals surface area contributed by atoms with Crippen LogP contribution in [0.25, 0.3) is 0 Å². The molecule has 0 radical (unpaired) electrons. The van der Waals surface area contributed by atoms with Gasteiger partial charge >= 0.3 is 5.97 Å². The van der Waals surface area contributed by atoms with Gasteiger partial charge < -0.3 is 10.0 Å². The minimum Gasteiger partial charge on any atom is -0.479 e. The third-order valence-corrected chi connectivity index (χ3v) is 3.44. The first kappa shape index (κ1) is 15.2. The number of hydrogen-bond donors (Lipinski definition) is 1. The highest BCUT2D eigenvalue weighted by molar-refractivity contribution is 5.82. The molecule has 0 aliphatic heterocycles. The second kappa shape index (κ2) is 5.87. The first-order valence-corrected chi connectivity index (χ1v) is 6.33. The zero-order valence-electron chi connectivity index (χ0n) is 11.9. The monoisotopic (exact) mass is 263 g/mol. The number of aliphatic carboxylic acids is 1. The Bertz CT molecular complexity index is 453. The summed E-state index contributed by atoms with van der Waals surface area (Å²) in [5, 5.41) is 9.40. The number of likely N-dealkylation sites (N-methyl/N-ethyl adjacent to an activating group) is 1. The van der Waals surface area contributed by atoms with Crippen LogP contribution in [0.1, 0.15) is 31.9 Å². The standard InChI is InChI=1S/C15H21NO3/c1-11(2)9-12-5-7-13(8-6-12)15(3,14(18)19)16(4)10-17/h5-8,10-11H,9H2,1-4H3,(H,18,19). The number of carboxylic acid groups (broad SMARTS) is 1. The molecule has 104 valence electrons. The molecule has 4 nitrogen and oxygen atoms in total. The summed E-state index contributed by atoms with van der Waals surface area (Å²) >= 11 is 0. The van der Waals surface area contributed by atoms with Crippen molar-refractivity contribution >= 4 is 12.4 Å². The maximum absolute atomic E-state index is 11.5. The number of carbonyl (C=O) groups excluding carboxylic acids is 1. The van der Waals surface area contributed by atoms with Crippen molar-refractivity contribution in [3.8, 4) is 0 Å². The van der Waals surface area contributed by atoms with Crippen molar-refractivity contribution in [2.24, 2.45) is 5.92 Å². The Hall–Kier alpha value is -1.84. The van der Waals surface area contributed by atoms with E-state index < -0.39 is 11.5 Å². The van der Waals surface area contributed by atoms with Crippen LogP contribution in [-0.4, -0.2) is 29.4 Å². The number of benzene rings is 1. The van der Waals surface area contributed by atoms with E-state index in [1.165, 1.54) is 24.4 Å². The molecule has 19 heavy (non-hydrogen) atoms. The van der Waals surface area contributed by atoms with Crippen molar-refractivity contribution in [2.45, 2.75) is 32.7 Å². The van der Waals surface area contributed by atoms with Crippen molar-refractivity contribution in [3.05, 3.63) is 35.4 Å². The maximum atomic E-state index is 11.5. The van der Waals surface area contributed by atoms with Crippen LogP contribution in [0.3, 0.4) is 0 Å². The molecule has 1 unspecified atom stereocenters. The average Bonchev–Trinajstić information content (AvgIpc) is 2.36. The van der Waals surface area contributed by atoms with E-state index in [0.29, 0.717) is 17.9 Å². The molecule has 0 spiro atoms. The van der Waals surface area contributed by atoms with Crippen molar-refractivity contribution in [1.82, 2.24) is 4.90 Å². The third-order valence-electron chi connectivity index (χ3n) is 3.44. The molecule has 4 heteroatoms. The summed E-state index contributed by atoms with van der Waals surface area (Å²) in [5.41, 5.74) is 0.431. The Kier molecular flexibility index (Phi) is 4.70. The summed E-state index contributed by atoms with van der Waals surface area (Å²) in [6.07, 6.45) is 1.49. The Balaban J connectivity index is 3.12. The molecular formula is C15H21NO3. The predicted molar refractivity (Wildman–Crippen MR) is 73.8 cm³/mol. The van der Waals surface area contributed by atoms with Crippen LogP contribution in [0.5, 0.6) is 0 Å². The van der Waals surface area contributed by atoms with E-state index >= 15 is 0 Å². The van der Waals surface area contributed by atoms with E-state index in [2.05, 4.69) is 13.8 Å². The highest BCUT2D eigenvalue weighted by atomic mass is 16.4. The van der Waals surface area contributed by atoms with E-state index in [-0.39, 0.29) is 0 Å². The highest BCUT2D eigenvalue weighted by Crippen LogP contribution is 2.27. The van der Waals surface area contributed by atoms with E-state index in [9.17, 15) is 14.7 Å². The Morgan fingerprint density at radius 2 is 1.89 bits per heavy atom. The minimum atomic E-state index is -1.34. The van der Waals surface area contributed by atoms with Crippen LogP contribution in [0.15, 0.2) is 24.3 Å². The summed E-state index contributed by atoms with van der Waals surface area (Å²) < 4.78 is 0. The van der Waals surface area contributed by atoms with Gasteiger partial charge in [0.25, 0.3) is 0 Å². The summed E-state index contributed by atoms with van der Waals surface area (Å²) in [6.45, 7) is 5.80. The van der Waals surface area contributed by atoms with Crippen molar-refractivity contribution in [3.63, 3.8) is 0 Å². The van der Waals surface area contributed by atoms with Crippen LogP contribution >= 0.6 is 0 Å². The van der Waals surface area contributed by atoms with Gasteiger partial charge in [-0.25, -0.2) is 4.79 Å². The van der Waals surface area contributed by atoms with Gasteiger partial charge in [-0.05, 0) is 30.4 Å². The van der Waals surface area contributed by atoms with Gasteiger partial charge in [0.05, 0.1) is 0 Å². The van der Waals surface area contributed by atoms with Gasteiger partial charge in [0.15, 0.2) is 5.54 Å². The molecule has 0 aliphatic rings. The van der Waals surface area contributed by atoms with Gasteiger partial charge in [-0.3, -0.25) is 4.79 Å². The Morgan fingerprint density at radius 1 is 1.37 bits per heavy atom. The van der Waals surface area contributed by atoms with Gasteiger partial charge in [-0.1, -0.05) is 38.1 Å². The number of carbonyl (C=O) groups is 2. The maximum Gasteiger partial charge on any atom is 0.334 e. The van der Waals surface area contributed by atoms with Crippen LogP contribution in [0.4, 0.5) is 0 Å². The molecule has 1 aromatic carbocycles. The van der Waals surface area contributed by atoms with Gasteiger partial charge in [-0.15, -0.1) is 0 Å². The molecule has 1 amide bonds. The van der Waals surface area contributed by atoms with Crippen molar-refractivity contribution in [2.75, 3.05) is 7.05 Å². The molecule has 1 atom stereocenters. The summed E-state index contributed by atoms with van der Waals surface area (Å²) in [5.74, 6) is -0.493. The topological polar surface area (TPSA) is 57.6 Å². The molecule has 1 N–H and O–H groups in total. The molecule has 0 saturated carbocycles. The quantitative estimate of drug-likeness (QED) is 0.801. The molecule has 0 bridgehead atoms. The van der Waals surface area contributed by atoms with E-state index in [1.54, 1.807) is 12.1 Å². The predicted octanol–water partition coefficient (Wildman–Crippen LogP) is 2.27.